The van der Waals surface area contributed by atoms with Crippen LogP contribution in [0.1, 0.15) is 25.7 Å². The summed E-state index contributed by atoms with van der Waals surface area (Å²) in [6, 6.07) is 0.237. The van der Waals surface area contributed by atoms with E-state index in [-0.39, 0.29) is 18.6 Å². The Kier molecular flexibility index (Phi) is 4.60. The van der Waals surface area contributed by atoms with Crippen molar-refractivity contribution in [3.8, 4) is 0 Å². The molecule has 1 aliphatic rings. The lowest BCUT2D eigenvalue weighted by Crippen LogP contribution is -2.34. The fraction of sp³-hybridized carbons (Fsp3) is 0.667. The van der Waals surface area contributed by atoms with Crippen molar-refractivity contribution >= 4 is 23.4 Å². The molecule has 1 aliphatic carbocycles. The van der Waals surface area contributed by atoms with Gasteiger partial charge in [0.25, 0.3) is 0 Å². The highest BCUT2D eigenvalue weighted by Gasteiger charge is 2.25. The zero-order valence-electron chi connectivity index (χ0n) is 10.5. The summed E-state index contributed by atoms with van der Waals surface area (Å²) in [4.78, 5) is 8.35. The van der Waals surface area contributed by atoms with E-state index in [0.29, 0.717) is 16.8 Å². The number of aromatic nitrogens is 2. The Balaban J connectivity index is 2.11. The van der Waals surface area contributed by atoms with Gasteiger partial charge in [-0.3, -0.25) is 0 Å². The van der Waals surface area contributed by atoms with E-state index in [9.17, 15) is 5.11 Å². The van der Waals surface area contributed by atoms with E-state index in [1.54, 1.807) is 13.2 Å². The average molecular weight is 271 g/mol. The lowest BCUT2D eigenvalue weighted by molar-refractivity contribution is 0.178. The van der Waals surface area contributed by atoms with Crippen molar-refractivity contribution in [3.05, 3.63) is 11.2 Å². The SMILES string of the molecule is CNc1ncc(Cl)c(NC2CCCCC2CO)n1. The van der Waals surface area contributed by atoms with Crippen molar-refractivity contribution in [2.75, 3.05) is 24.3 Å². The molecule has 0 aromatic carbocycles. The molecule has 0 radical (unpaired) electrons. The molecule has 1 heterocycles. The fourth-order valence-electron chi connectivity index (χ4n) is 2.38. The van der Waals surface area contributed by atoms with Crippen LogP contribution in [0.4, 0.5) is 11.8 Å². The Bertz CT molecular complexity index is 402. The topological polar surface area (TPSA) is 70.1 Å². The van der Waals surface area contributed by atoms with Gasteiger partial charge in [0, 0.05) is 25.6 Å². The van der Waals surface area contributed by atoms with Crippen LogP contribution >= 0.6 is 11.6 Å². The molecule has 2 rings (SSSR count). The fourth-order valence-corrected chi connectivity index (χ4v) is 2.53. The van der Waals surface area contributed by atoms with E-state index >= 15 is 0 Å². The number of hydrogen-bond donors (Lipinski definition) is 3. The van der Waals surface area contributed by atoms with Gasteiger partial charge < -0.3 is 15.7 Å². The molecular weight excluding hydrogens is 252 g/mol. The smallest absolute Gasteiger partial charge is 0.224 e. The van der Waals surface area contributed by atoms with Gasteiger partial charge in [0.2, 0.25) is 5.95 Å². The van der Waals surface area contributed by atoms with Gasteiger partial charge in [0.05, 0.1) is 6.20 Å². The highest BCUT2D eigenvalue weighted by molar-refractivity contribution is 6.32. The molecule has 0 amide bonds. The number of anilines is 2. The van der Waals surface area contributed by atoms with Crippen LogP contribution < -0.4 is 10.6 Å². The Morgan fingerprint density at radius 3 is 2.94 bits per heavy atom. The first-order valence-corrected chi connectivity index (χ1v) is 6.70. The van der Waals surface area contributed by atoms with Crippen molar-refractivity contribution in [1.29, 1.82) is 0 Å². The van der Waals surface area contributed by atoms with Crippen LogP contribution in [0.25, 0.3) is 0 Å². The number of hydrogen-bond acceptors (Lipinski definition) is 5. The maximum Gasteiger partial charge on any atom is 0.224 e. The molecular formula is C12H19ClN4O. The van der Waals surface area contributed by atoms with E-state index in [0.717, 1.165) is 12.8 Å². The molecule has 1 fully saturated rings. The van der Waals surface area contributed by atoms with Gasteiger partial charge in [0.15, 0.2) is 5.82 Å². The molecule has 3 N–H and O–H groups in total. The molecule has 1 aromatic rings. The summed E-state index contributed by atoms with van der Waals surface area (Å²) < 4.78 is 0. The lowest BCUT2D eigenvalue weighted by atomic mass is 9.85. The number of nitrogens with zero attached hydrogens (tertiary/aromatic N) is 2. The number of aliphatic hydroxyl groups excluding tert-OH is 1. The highest BCUT2D eigenvalue weighted by atomic mass is 35.5. The summed E-state index contributed by atoms with van der Waals surface area (Å²) >= 11 is 6.09. The molecule has 100 valence electrons. The second-order valence-electron chi connectivity index (χ2n) is 4.62. The molecule has 0 aliphatic heterocycles. The minimum Gasteiger partial charge on any atom is -0.396 e. The van der Waals surface area contributed by atoms with Crippen LogP contribution in [0.15, 0.2) is 6.20 Å². The molecule has 2 atom stereocenters. The number of aliphatic hydroxyl groups is 1. The Hall–Kier alpha value is -1.07. The standard InChI is InChI=1S/C12H19ClN4O/c1-14-12-15-6-9(13)11(17-12)16-10-5-3-2-4-8(10)7-18/h6,8,10,18H,2-5,7H2,1H3,(H2,14,15,16,17). The first-order chi connectivity index (χ1) is 8.74. The van der Waals surface area contributed by atoms with Crippen molar-refractivity contribution in [1.82, 2.24) is 9.97 Å². The molecule has 18 heavy (non-hydrogen) atoms. The van der Waals surface area contributed by atoms with E-state index in [2.05, 4.69) is 20.6 Å². The maximum absolute atomic E-state index is 9.39. The molecule has 1 saturated carbocycles. The number of halogens is 1. The zero-order valence-corrected chi connectivity index (χ0v) is 11.2. The molecule has 2 unspecified atom stereocenters. The van der Waals surface area contributed by atoms with Gasteiger partial charge in [-0.25, -0.2) is 4.98 Å². The predicted molar refractivity (Wildman–Crippen MR) is 73.0 cm³/mol. The quantitative estimate of drug-likeness (QED) is 0.782. The number of rotatable bonds is 4. The normalized spacial score (nSPS) is 23.7. The van der Waals surface area contributed by atoms with Crippen molar-refractivity contribution in [2.45, 2.75) is 31.7 Å². The Morgan fingerprint density at radius 2 is 2.22 bits per heavy atom. The molecule has 0 spiro atoms. The molecule has 0 saturated heterocycles. The second kappa shape index (κ2) is 6.20. The van der Waals surface area contributed by atoms with Crippen LogP contribution in [0.5, 0.6) is 0 Å². The second-order valence-corrected chi connectivity index (χ2v) is 5.03. The minimum atomic E-state index is 0.208. The third kappa shape index (κ3) is 3.03. The largest absolute Gasteiger partial charge is 0.396 e. The Labute approximate surface area is 112 Å². The number of nitrogens with one attached hydrogen (secondary N) is 2. The van der Waals surface area contributed by atoms with Crippen LogP contribution in [-0.4, -0.2) is 34.8 Å². The predicted octanol–water partition coefficient (Wildman–Crippen LogP) is 2.13. The van der Waals surface area contributed by atoms with Crippen LogP contribution in [0.3, 0.4) is 0 Å². The van der Waals surface area contributed by atoms with E-state index in [1.165, 1.54) is 12.8 Å². The minimum absolute atomic E-state index is 0.208. The summed E-state index contributed by atoms with van der Waals surface area (Å²) in [6.45, 7) is 0.208. The first-order valence-electron chi connectivity index (χ1n) is 6.32. The third-order valence-corrected chi connectivity index (χ3v) is 3.71. The van der Waals surface area contributed by atoms with Crippen LogP contribution in [0, 0.1) is 5.92 Å². The molecule has 0 bridgehead atoms. The van der Waals surface area contributed by atoms with Crippen LogP contribution in [0.2, 0.25) is 5.02 Å². The van der Waals surface area contributed by atoms with E-state index in [1.807, 2.05) is 0 Å². The average Bonchev–Trinajstić information content (AvgIpc) is 2.42. The summed E-state index contributed by atoms with van der Waals surface area (Å²) in [5, 5.41) is 16.1. The van der Waals surface area contributed by atoms with E-state index in [4.69, 9.17) is 11.6 Å². The van der Waals surface area contributed by atoms with Gasteiger partial charge in [0.1, 0.15) is 5.02 Å². The zero-order chi connectivity index (χ0) is 13.0. The van der Waals surface area contributed by atoms with Gasteiger partial charge >= 0.3 is 0 Å². The summed E-state index contributed by atoms with van der Waals surface area (Å²) in [7, 11) is 1.77. The maximum atomic E-state index is 9.39. The van der Waals surface area contributed by atoms with Crippen molar-refractivity contribution in [2.24, 2.45) is 5.92 Å². The van der Waals surface area contributed by atoms with Crippen molar-refractivity contribution < 1.29 is 5.11 Å². The van der Waals surface area contributed by atoms with Crippen LogP contribution in [-0.2, 0) is 0 Å². The summed E-state index contributed by atoms with van der Waals surface area (Å²) in [6.07, 6.45) is 6.04. The van der Waals surface area contributed by atoms with Gasteiger partial charge in [-0.15, -0.1) is 0 Å². The lowest BCUT2D eigenvalue weighted by Gasteiger charge is -2.31. The van der Waals surface area contributed by atoms with Gasteiger partial charge in [-0.1, -0.05) is 24.4 Å². The van der Waals surface area contributed by atoms with E-state index < -0.39 is 0 Å². The first kappa shape index (κ1) is 13.4. The van der Waals surface area contributed by atoms with Gasteiger partial charge in [-0.05, 0) is 12.8 Å². The highest BCUT2D eigenvalue weighted by Crippen LogP contribution is 2.29. The third-order valence-electron chi connectivity index (χ3n) is 3.43. The van der Waals surface area contributed by atoms with Crippen molar-refractivity contribution in [3.63, 3.8) is 0 Å². The monoisotopic (exact) mass is 270 g/mol. The summed E-state index contributed by atoms with van der Waals surface area (Å²) in [5.74, 6) is 1.46. The molecule has 1 aromatic heterocycles. The van der Waals surface area contributed by atoms with Gasteiger partial charge in [-0.2, -0.15) is 4.98 Å². The Morgan fingerprint density at radius 1 is 1.44 bits per heavy atom. The molecule has 6 heteroatoms. The summed E-state index contributed by atoms with van der Waals surface area (Å²) in [5.41, 5.74) is 0. The molecule has 5 nitrogen and oxygen atoms in total.